The molecule has 0 aromatic heterocycles. The Kier molecular flexibility index (Phi) is 6.83. The Morgan fingerprint density at radius 1 is 1.12 bits per heavy atom. The second kappa shape index (κ2) is 8.87. The van der Waals surface area contributed by atoms with Gasteiger partial charge in [0.1, 0.15) is 5.75 Å². The number of amides is 1. The summed E-state index contributed by atoms with van der Waals surface area (Å²) in [5.74, 6) is 0.347. The summed E-state index contributed by atoms with van der Waals surface area (Å²) in [4.78, 5) is 12.2. The van der Waals surface area contributed by atoms with Crippen molar-refractivity contribution >= 4 is 40.5 Å². The van der Waals surface area contributed by atoms with Crippen LogP contribution in [-0.4, -0.2) is 17.1 Å². The van der Waals surface area contributed by atoms with Crippen LogP contribution in [0.4, 0.5) is 5.69 Å². The monoisotopic (exact) mass is 391 g/mol. The topological polar surface area (TPSA) is 62.4 Å². The number of hydrazine groups is 1. The molecule has 0 saturated carbocycles. The van der Waals surface area contributed by atoms with Gasteiger partial charge in [0.25, 0.3) is 5.91 Å². The van der Waals surface area contributed by atoms with Crippen molar-refractivity contribution in [1.29, 1.82) is 0 Å². The minimum Gasteiger partial charge on any atom is -0.481 e. The Labute approximate surface area is 164 Å². The number of hydrogen-bond acceptors (Lipinski definition) is 3. The summed E-state index contributed by atoms with van der Waals surface area (Å²) >= 11 is 11.2. The fourth-order valence-electron chi connectivity index (χ4n) is 2.15. The third kappa shape index (κ3) is 5.34. The van der Waals surface area contributed by atoms with E-state index in [1.807, 2.05) is 51.1 Å². The maximum absolute atomic E-state index is 12.2. The molecule has 26 heavy (non-hydrogen) atoms. The van der Waals surface area contributed by atoms with Crippen LogP contribution in [0.5, 0.6) is 5.75 Å². The second-order valence-corrected chi connectivity index (χ2v) is 6.81. The molecular formula is C19H22ClN3O2S. The van der Waals surface area contributed by atoms with Crippen LogP contribution in [0.25, 0.3) is 0 Å². The van der Waals surface area contributed by atoms with Crippen LogP contribution >= 0.6 is 23.8 Å². The fraction of sp³-hybridized carbons (Fsp3) is 0.263. The third-order valence-corrected chi connectivity index (χ3v) is 4.57. The number of halogens is 1. The van der Waals surface area contributed by atoms with Gasteiger partial charge in [0.2, 0.25) is 0 Å². The van der Waals surface area contributed by atoms with Crippen molar-refractivity contribution in [2.24, 2.45) is 0 Å². The Hall–Kier alpha value is -2.31. The minimum absolute atomic E-state index is 0.247. The summed E-state index contributed by atoms with van der Waals surface area (Å²) in [6.45, 7) is 7.55. The van der Waals surface area contributed by atoms with Crippen molar-refractivity contribution < 1.29 is 9.53 Å². The van der Waals surface area contributed by atoms with Crippen LogP contribution in [0, 0.1) is 20.8 Å². The van der Waals surface area contributed by atoms with E-state index in [2.05, 4.69) is 16.2 Å². The molecule has 7 heteroatoms. The molecule has 2 aromatic rings. The highest BCUT2D eigenvalue weighted by Crippen LogP contribution is 2.22. The van der Waals surface area contributed by atoms with Gasteiger partial charge >= 0.3 is 0 Å². The lowest BCUT2D eigenvalue weighted by atomic mass is 10.1. The van der Waals surface area contributed by atoms with Crippen molar-refractivity contribution in [1.82, 2.24) is 10.9 Å². The molecule has 2 rings (SSSR count). The SMILES string of the molecule is Cc1ccc(NC(=S)NNC(=O)[C@H](C)Oc2cccc(C)c2C)cc1Cl. The minimum atomic E-state index is -0.681. The van der Waals surface area contributed by atoms with E-state index in [4.69, 9.17) is 28.6 Å². The number of hydrogen-bond donors (Lipinski definition) is 3. The Morgan fingerprint density at radius 2 is 1.85 bits per heavy atom. The van der Waals surface area contributed by atoms with E-state index in [-0.39, 0.29) is 11.0 Å². The lowest BCUT2D eigenvalue weighted by molar-refractivity contribution is -0.127. The van der Waals surface area contributed by atoms with Crippen molar-refractivity contribution in [2.75, 3.05) is 5.32 Å². The molecule has 0 spiro atoms. The van der Waals surface area contributed by atoms with Gasteiger partial charge in [-0.2, -0.15) is 0 Å². The quantitative estimate of drug-likeness (QED) is 0.542. The van der Waals surface area contributed by atoms with Crippen LogP contribution in [0.3, 0.4) is 0 Å². The van der Waals surface area contributed by atoms with Gasteiger partial charge < -0.3 is 10.1 Å². The van der Waals surface area contributed by atoms with Crippen molar-refractivity contribution in [2.45, 2.75) is 33.8 Å². The first-order valence-electron chi connectivity index (χ1n) is 8.14. The zero-order valence-electron chi connectivity index (χ0n) is 15.1. The number of rotatable bonds is 4. The molecular weight excluding hydrogens is 370 g/mol. The number of benzene rings is 2. The Balaban J connectivity index is 1.85. The molecule has 0 heterocycles. The molecule has 0 radical (unpaired) electrons. The van der Waals surface area contributed by atoms with Crippen molar-refractivity contribution in [3.8, 4) is 5.75 Å². The van der Waals surface area contributed by atoms with E-state index in [0.29, 0.717) is 10.8 Å². The van der Waals surface area contributed by atoms with Gasteiger partial charge in [-0.25, -0.2) is 0 Å². The van der Waals surface area contributed by atoms with Gasteiger partial charge in [0.05, 0.1) is 0 Å². The highest BCUT2D eigenvalue weighted by Gasteiger charge is 2.16. The Morgan fingerprint density at radius 3 is 2.54 bits per heavy atom. The summed E-state index contributed by atoms with van der Waals surface area (Å²) in [6.07, 6.45) is -0.681. The fourth-order valence-corrected chi connectivity index (χ4v) is 2.50. The van der Waals surface area contributed by atoms with E-state index in [1.54, 1.807) is 13.0 Å². The summed E-state index contributed by atoms with van der Waals surface area (Å²) in [6, 6.07) is 11.2. The number of nitrogens with one attached hydrogen (secondary N) is 3. The lowest BCUT2D eigenvalue weighted by Gasteiger charge is -2.18. The van der Waals surface area contributed by atoms with E-state index < -0.39 is 6.10 Å². The molecule has 0 aliphatic carbocycles. The predicted octanol–water partition coefficient (Wildman–Crippen LogP) is 4.05. The molecule has 2 aromatic carbocycles. The maximum Gasteiger partial charge on any atom is 0.279 e. The first-order valence-corrected chi connectivity index (χ1v) is 8.92. The molecule has 5 nitrogen and oxygen atoms in total. The van der Waals surface area contributed by atoms with E-state index >= 15 is 0 Å². The molecule has 1 atom stereocenters. The van der Waals surface area contributed by atoms with E-state index in [0.717, 1.165) is 22.4 Å². The number of carbonyl (C=O) groups is 1. The molecule has 0 fully saturated rings. The third-order valence-electron chi connectivity index (χ3n) is 3.96. The second-order valence-electron chi connectivity index (χ2n) is 5.99. The highest BCUT2D eigenvalue weighted by molar-refractivity contribution is 7.80. The average Bonchev–Trinajstić information content (AvgIpc) is 2.60. The van der Waals surface area contributed by atoms with Crippen molar-refractivity contribution in [3.63, 3.8) is 0 Å². The van der Waals surface area contributed by atoms with Crippen molar-refractivity contribution in [3.05, 3.63) is 58.1 Å². The molecule has 1 amide bonds. The standard InChI is InChI=1S/C19H22ClN3O2S/c1-11-6-5-7-17(13(11)3)25-14(4)18(24)22-23-19(26)21-15-9-8-12(2)16(20)10-15/h5-10,14H,1-4H3,(H,22,24)(H2,21,23,26)/t14-/m0/s1. The Bertz CT molecular complexity index is 826. The van der Waals surface area contributed by atoms with Crippen LogP contribution in [-0.2, 0) is 4.79 Å². The number of thiocarbonyl (C=S) groups is 1. The molecule has 0 unspecified atom stereocenters. The number of anilines is 1. The zero-order valence-corrected chi connectivity index (χ0v) is 16.7. The lowest BCUT2D eigenvalue weighted by Crippen LogP contribution is -2.48. The highest BCUT2D eigenvalue weighted by atomic mass is 35.5. The van der Waals surface area contributed by atoms with Crippen LogP contribution in [0.1, 0.15) is 23.6 Å². The van der Waals surface area contributed by atoms with Gasteiger partial charge in [-0.1, -0.05) is 29.8 Å². The van der Waals surface area contributed by atoms with Gasteiger partial charge in [-0.05, 0) is 74.8 Å². The van der Waals surface area contributed by atoms with Crippen LogP contribution < -0.4 is 20.9 Å². The summed E-state index contributed by atoms with van der Waals surface area (Å²) in [7, 11) is 0. The maximum atomic E-state index is 12.2. The predicted molar refractivity (Wildman–Crippen MR) is 110 cm³/mol. The van der Waals surface area contributed by atoms with E-state index in [9.17, 15) is 4.79 Å². The molecule has 3 N–H and O–H groups in total. The number of ether oxygens (including phenoxy) is 1. The van der Waals surface area contributed by atoms with E-state index in [1.165, 1.54) is 0 Å². The van der Waals surface area contributed by atoms with Gasteiger partial charge in [-0.3, -0.25) is 15.6 Å². The molecule has 138 valence electrons. The summed E-state index contributed by atoms with van der Waals surface area (Å²) < 4.78 is 5.73. The summed E-state index contributed by atoms with van der Waals surface area (Å²) in [5, 5.41) is 3.83. The largest absolute Gasteiger partial charge is 0.481 e. The molecule has 0 saturated heterocycles. The average molecular weight is 392 g/mol. The normalized spacial score (nSPS) is 11.4. The molecule has 0 aliphatic rings. The smallest absolute Gasteiger partial charge is 0.279 e. The van der Waals surface area contributed by atoms with Crippen LogP contribution in [0.2, 0.25) is 5.02 Å². The number of carbonyl (C=O) groups excluding carboxylic acids is 1. The molecule has 0 aliphatic heterocycles. The summed E-state index contributed by atoms with van der Waals surface area (Å²) in [5.41, 5.74) is 9.00. The van der Waals surface area contributed by atoms with Crippen LogP contribution in [0.15, 0.2) is 36.4 Å². The first kappa shape index (κ1) is 20.0. The van der Waals surface area contributed by atoms with Gasteiger partial charge in [-0.15, -0.1) is 0 Å². The van der Waals surface area contributed by atoms with Gasteiger partial charge in [0.15, 0.2) is 11.2 Å². The number of aryl methyl sites for hydroxylation is 2. The molecule has 0 bridgehead atoms. The van der Waals surface area contributed by atoms with Gasteiger partial charge in [0, 0.05) is 10.7 Å². The zero-order chi connectivity index (χ0) is 19.3. The first-order chi connectivity index (χ1) is 12.3.